The van der Waals surface area contributed by atoms with Crippen molar-refractivity contribution in [2.75, 3.05) is 40.0 Å². The number of amides is 1. The molecule has 3 rings (SSSR count). The number of rotatable bonds is 6. The van der Waals surface area contributed by atoms with Crippen molar-refractivity contribution in [3.63, 3.8) is 0 Å². The van der Waals surface area contributed by atoms with Crippen LogP contribution in [0.15, 0.2) is 24.3 Å². The van der Waals surface area contributed by atoms with Gasteiger partial charge in [0.1, 0.15) is 5.75 Å². The number of benzene rings is 1. The lowest BCUT2D eigenvalue weighted by Gasteiger charge is -2.34. The standard InChI is InChI=1S/C19H29N3O3.2ClH/c1-24-16-6-4-15(5-7-16)17(22-10-2-3-11-22)14-21-18(23)19(20)8-12-25-13-9-19;;/h4-7,17H,2-3,8-14,20H2,1H3,(H,21,23);2*1H. The second kappa shape index (κ2) is 11.1. The first kappa shape index (κ1) is 24.0. The van der Waals surface area contributed by atoms with Gasteiger partial charge in [-0.2, -0.15) is 0 Å². The summed E-state index contributed by atoms with van der Waals surface area (Å²) in [5.41, 5.74) is 6.69. The van der Waals surface area contributed by atoms with Crippen LogP contribution in [0.5, 0.6) is 5.75 Å². The number of hydrogen-bond acceptors (Lipinski definition) is 5. The number of likely N-dealkylation sites (tertiary alicyclic amines) is 1. The smallest absolute Gasteiger partial charge is 0.240 e. The van der Waals surface area contributed by atoms with Crippen molar-refractivity contribution < 1.29 is 14.3 Å². The van der Waals surface area contributed by atoms with Crippen molar-refractivity contribution >= 4 is 30.7 Å². The summed E-state index contributed by atoms with van der Waals surface area (Å²) in [5.74, 6) is 0.782. The summed E-state index contributed by atoms with van der Waals surface area (Å²) in [6.07, 6.45) is 3.57. The van der Waals surface area contributed by atoms with Crippen LogP contribution in [0.25, 0.3) is 0 Å². The van der Waals surface area contributed by atoms with Crippen LogP contribution >= 0.6 is 24.8 Å². The fourth-order valence-corrected chi connectivity index (χ4v) is 3.67. The molecule has 3 N–H and O–H groups in total. The van der Waals surface area contributed by atoms with E-state index in [-0.39, 0.29) is 36.8 Å². The molecule has 1 amide bonds. The van der Waals surface area contributed by atoms with Crippen LogP contribution in [0.1, 0.15) is 37.3 Å². The number of methoxy groups -OCH3 is 1. The Bertz CT molecular complexity index is 574. The molecular weight excluding hydrogens is 389 g/mol. The number of nitrogens with one attached hydrogen (secondary N) is 1. The molecule has 154 valence electrons. The molecule has 27 heavy (non-hydrogen) atoms. The number of carbonyl (C=O) groups is 1. The molecule has 0 aliphatic carbocycles. The number of halogens is 2. The first-order valence-corrected chi connectivity index (χ1v) is 9.15. The Kier molecular flexibility index (Phi) is 9.84. The van der Waals surface area contributed by atoms with Gasteiger partial charge in [0.2, 0.25) is 5.91 Å². The van der Waals surface area contributed by atoms with Crippen LogP contribution in [0.2, 0.25) is 0 Å². The molecule has 1 unspecified atom stereocenters. The quantitative estimate of drug-likeness (QED) is 0.739. The van der Waals surface area contributed by atoms with Gasteiger partial charge in [-0.15, -0.1) is 24.8 Å². The van der Waals surface area contributed by atoms with Gasteiger partial charge in [0.15, 0.2) is 0 Å². The summed E-state index contributed by atoms with van der Waals surface area (Å²) in [5, 5.41) is 3.10. The van der Waals surface area contributed by atoms with Crippen LogP contribution in [0, 0.1) is 0 Å². The maximum atomic E-state index is 12.6. The van der Waals surface area contributed by atoms with Crippen LogP contribution in [0.3, 0.4) is 0 Å². The van der Waals surface area contributed by atoms with Gasteiger partial charge in [0, 0.05) is 19.8 Å². The molecule has 2 saturated heterocycles. The minimum atomic E-state index is -0.798. The highest BCUT2D eigenvalue weighted by atomic mass is 35.5. The van der Waals surface area contributed by atoms with E-state index < -0.39 is 5.54 Å². The van der Waals surface area contributed by atoms with E-state index in [1.165, 1.54) is 18.4 Å². The monoisotopic (exact) mass is 419 g/mol. The summed E-state index contributed by atoms with van der Waals surface area (Å²) in [6.45, 7) is 3.81. The maximum Gasteiger partial charge on any atom is 0.240 e. The Morgan fingerprint density at radius 1 is 1.22 bits per heavy atom. The van der Waals surface area contributed by atoms with Crippen LogP contribution < -0.4 is 15.8 Å². The Balaban J connectivity index is 0.00000182. The molecule has 0 radical (unpaired) electrons. The van der Waals surface area contributed by atoms with Gasteiger partial charge < -0.3 is 20.5 Å². The highest BCUT2D eigenvalue weighted by Crippen LogP contribution is 2.26. The van der Waals surface area contributed by atoms with Crippen LogP contribution in [0.4, 0.5) is 0 Å². The van der Waals surface area contributed by atoms with E-state index in [0.717, 1.165) is 18.8 Å². The SMILES string of the molecule is COc1ccc(C(CNC(=O)C2(N)CCOCC2)N2CCCC2)cc1.Cl.Cl. The molecule has 2 fully saturated rings. The fourth-order valence-electron chi connectivity index (χ4n) is 3.67. The topological polar surface area (TPSA) is 76.8 Å². The number of nitrogens with two attached hydrogens (primary N) is 1. The molecule has 1 atom stereocenters. The minimum Gasteiger partial charge on any atom is -0.497 e. The van der Waals surface area contributed by atoms with E-state index in [1.54, 1.807) is 7.11 Å². The lowest BCUT2D eigenvalue weighted by molar-refractivity contribution is -0.130. The molecule has 6 nitrogen and oxygen atoms in total. The third kappa shape index (κ3) is 5.96. The summed E-state index contributed by atoms with van der Waals surface area (Å²) in [7, 11) is 1.67. The zero-order valence-electron chi connectivity index (χ0n) is 15.8. The minimum absolute atomic E-state index is 0. The summed E-state index contributed by atoms with van der Waals surface area (Å²) in [4.78, 5) is 15.1. The van der Waals surface area contributed by atoms with Gasteiger partial charge in [-0.3, -0.25) is 9.69 Å². The number of nitrogens with zero attached hydrogens (tertiary/aromatic N) is 1. The predicted molar refractivity (Wildman–Crippen MR) is 111 cm³/mol. The first-order valence-electron chi connectivity index (χ1n) is 9.15. The highest BCUT2D eigenvalue weighted by Gasteiger charge is 2.36. The molecular formula is C19H31Cl2N3O3. The summed E-state index contributed by atoms with van der Waals surface area (Å²) < 4.78 is 10.6. The van der Waals surface area contributed by atoms with Gasteiger partial charge in [-0.1, -0.05) is 12.1 Å². The molecule has 8 heteroatoms. The van der Waals surface area contributed by atoms with Crippen molar-refractivity contribution in [2.45, 2.75) is 37.3 Å². The second-order valence-corrected chi connectivity index (χ2v) is 7.01. The van der Waals surface area contributed by atoms with Crippen LogP contribution in [-0.2, 0) is 9.53 Å². The third-order valence-electron chi connectivity index (χ3n) is 5.38. The Morgan fingerprint density at radius 3 is 2.37 bits per heavy atom. The molecule has 0 aromatic heterocycles. The molecule has 1 aromatic rings. The molecule has 2 heterocycles. The Labute approximate surface area is 174 Å². The van der Waals surface area contributed by atoms with Gasteiger partial charge in [0.05, 0.1) is 18.7 Å². The van der Waals surface area contributed by atoms with Crippen molar-refractivity contribution in [3.8, 4) is 5.75 Å². The van der Waals surface area contributed by atoms with Gasteiger partial charge >= 0.3 is 0 Å². The third-order valence-corrected chi connectivity index (χ3v) is 5.38. The maximum absolute atomic E-state index is 12.6. The zero-order chi connectivity index (χ0) is 17.7. The van der Waals surface area contributed by atoms with Crippen molar-refractivity contribution in [3.05, 3.63) is 29.8 Å². The molecule has 0 bridgehead atoms. The average Bonchev–Trinajstić information content (AvgIpc) is 3.17. The summed E-state index contributed by atoms with van der Waals surface area (Å²) >= 11 is 0. The van der Waals surface area contributed by atoms with Crippen molar-refractivity contribution in [1.29, 1.82) is 0 Å². The van der Waals surface area contributed by atoms with Crippen molar-refractivity contribution in [2.24, 2.45) is 5.73 Å². The van der Waals surface area contributed by atoms with E-state index in [4.69, 9.17) is 15.2 Å². The van der Waals surface area contributed by atoms with E-state index >= 15 is 0 Å². The molecule has 2 aliphatic rings. The lowest BCUT2D eigenvalue weighted by Crippen LogP contribution is -2.57. The number of ether oxygens (including phenoxy) is 2. The number of carbonyl (C=O) groups excluding carboxylic acids is 1. The molecule has 0 spiro atoms. The molecule has 0 saturated carbocycles. The Morgan fingerprint density at radius 2 is 1.81 bits per heavy atom. The lowest BCUT2D eigenvalue weighted by atomic mass is 9.90. The van der Waals surface area contributed by atoms with Gasteiger partial charge in [0.25, 0.3) is 0 Å². The largest absolute Gasteiger partial charge is 0.497 e. The van der Waals surface area contributed by atoms with E-state index in [0.29, 0.717) is 32.6 Å². The van der Waals surface area contributed by atoms with Crippen LogP contribution in [-0.4, -0.2) is 56.3 Å². The Hall–Kier alpha value is -1.05. The molecule has 1 aromatic carbocycles. The molecule has 2 aliphatic heterocycles. The number of hydrogen-bond donors (Lipinski definition) is 2. The zero-order valence-corrected chi connectivity index (χ0v) is 17.4. The fraction of sp³-hybridized carbons (Fsp3) is 0.632. The normalized spacial score (nSPS) is 20.1. The van der Waals surface area contributed by atoms with Crippen molar-refractivity contribution in [1.82, 2.24) is 10.2 Å². The van der Waals surface area contributed by atoms with E-state index in [1.807, 2.05) is 12.1 Å². The first-order chi connectivity index (χ1) is 12.1. The van der Waals surface area contributed by atoms with Gasteiger partial charge in [-0.05, 0) is 56.5 Å². The van der Waals surface area contributed by atoms with E-state index in [2.05, 4.69) is 22.3 Å². The average molecular weight is 420 g/mol. The highest BCUT2D eigenvalue weighted by molar-refractivity contribution is 5.86. The van der Waals surface area contributed by atoms with Gasteiger partial charge in [-0.25, -0.2) is 0 Å². The second-order valence-electron chi connectivity index (χ2n) is 7.01. The van der Waals surface area contributed by atoms with E-state index in [9.17, 15) is 4.79 Å². The summed E-state index contributed by atoms with van der Waals surface area (Å²) in [6, 6.07) is 8.29. The predicted octanol–water partition coefficient (Wildman–Crippen LogP) is 2.30.